The zero-order valence-electron chi connectivity index (χ0n) is 23.5. The summed E-state index contributed by atoms with van der Waals surface area (Å²) in [5.41, 5.74) is 2.29. The number of H-pyrrole nitrogens is 1. The fourth-order valence-corrected chi connectivity index (χ4v) is 5.46. The molecule has 1 fully saturated rings. The SMILES string of the molecule is COC1(C(=O)N[C@@H](C)c2cnc(-n3cc(F)cn3)cn2)CCC(c2nc(Nc3cc(C)[nH]n3)cc3cccnc23)CC1. The van der Waals surface area contributed by atoms with E-state index in [0.29, 0.717) is 48.8 Å². The highest BCUT2D eigenvalue weighted by Gasteiger charge is 2.43. The Morgan fingerprint density at radius 2 is 2.00 bits per heavy atom. The molecule has 1 atom stereocenters. The number of aromatic amines is 1. The van der Waals surface area contributed by atoms with Gasteiger partial charge in [0.25, 0.3) is 5.91 Å². The minimum Gasteiger partial charge on any atom is -0.368 e. The Balaban J connectivity index is 1.16. The number of aryl methyl sites for hydroxylation is 1. The van der Waals surface area contributed by atoms with Gasteiger partial charge in [0.2, 0.25) is 0 Å². The van der Waals surface area contributed by atoms with Gasteiger partial charge in [-0.2, -0.15) is 10.2 Å². The summed E-state index contributed by atoms with van der Waals surface area (Å²) in [5.74, 6) is 1.20. The molecule has 1 amide bonds. The number of carbonyl (C=O) groups is 1. The van der Waals surface area contributed by atoms with Crippen LogP contribution in [-0.4, -0.2) is 58.5 Å². The lowest BCUT2D eigenvalue weighted by atomic mass is 9.76. The number of halogens is 1. The summed E-state index contributed by atoms with van der Waals surface area (Å²) in [7, 11) is 1.58. The van der Waals surface area contributed by atoms with Crippen molar-refractivity contribution in [2.24, 2.45) is 0 Å². The third kappa shape index (κ3) is 5.42. The number of nitrogens with zero attached hydrogens (tertiary/aromatic N) is 7. The zero-order chi connectivity index (χ0) is 29.3. The first-order valence-electron chi connectivity index (χ1n) is 13.8. The number of methoxy groups -OCH3 is 1. The number of hydrogen-bond donors (Lipinski definition) is 3. The van der Waals surface area contributed by atoms with Crippen LogP contribution >= 0.6 is 0 Å². The molecular formula is C29H31FN10O2. The third-order valence-electron chi connectivity index (χ3n) is 7.80. The van der Waals surface area contributed by atoms with Crippen molar-refractivity contribution in [3.05, 3.63) is 78.1 Å². The lowest BCUT2D eigenvalue weighted by Gasteiger charge is -2.38. The Labute approximate surface area is 241 Å². The van der Waals surface area contributed by atoms with Gasteiger partial charge in [0.1, 0.15) is 11.4 Å². The van der Waals surface area contributed by atoms with Crippen molar-refractivity contribution in [2.75, 3.05) is 12.4 Å². The number of hydrogen-bond acceptors (Lipinski definition) is 9. The van der Waals surface area contributed by atoms with Gasteiger partial charge in [-0.3, -0.25) is 19.9 Å². The van der Waals surface area contributed by atoms with Gasteiger partial charge in [0.05, 0.1) is 47.7 Å². The number of ether oxygens (including phenoxy) is 1. The number of rotatable bonds is 8. The summed E-state index contributed by atoms with van der Waals surface area (Å²) in [6.45, 7) is 3.78. The van der Waals surface area contributed by atoms with Crippen LogP contribution < -0.4 is 10.6 Å². The van der Waals surface area contributed by atoms with E-state index in [4.69, 9.17) is 9.72 Å². The van der Waals surface area contributed by atoms with E-state index in [1.54, 1.807) is 19.5 Å². The number of nitrogens with one attached hydrogen (secondary N) is 3. The number of amides is 1. The minimum atomic E-state index is -0.976. The van der Waals surface area contributed by atoms with Crippen LogP contribution in [0, 0.1) is 12.7 Å². The quantitative estimate of drug-likeness (QED) is 0.246. The van der Waals surface area contributed by atoms with E-state index in [0.717, 1.165) is 28.5 Å². The summed E-state index contributed by atoms with van der Waals surface area (Å²) >= 11 is 0. The summed E-state index contributed by atoms with van der Waals surface area (Å²) in [6.07, 6.45) is 9.58. The molecule has 1 aliphatic carbocycles. The van der Waals surface area contributed by atoms with Gasteiger partial charge in [-0.15, -0.1) is 0 Å². The zero-order valence-corrected chi connectivity index (χ0v) is 23.5. The summed E-state index contributed by atoms with van der Waals surface area (Å²) in [5, 5.41) is 18.4. The highest BCUT2D eigenvalue weighted by molar-refractivity contribution is 5.86. The maximum absolute atomic E-state index is 13.6. The topological polar surface area (TPSA) is 148 Å². The van der Waals surface area contributed by atoms with E-state index in [9.17, 15) is 9.18 Å². The van der Waals surface area contributed by atoms with E-state index >= 15 is 0 Å². The summed E-state index contributed by atoms with van der Waals surface area (Å²) in [4.78, 5) is 31.9. The lowest BCUT2D eigenvalue weighted by Crippen LogP contribution is -2.51. The number of aromatic nitrogens is 8. The molecule has 6 rings (SSSR count). The molecule has 13 heteroatoms. The molecule has 12 nitrogen and oxygen atoms in total. The first kappa shape index (κ1) is 27.4. The Morgan fingerprint density at radius 3 is 2.67 bits per heavy atom. The molecule has 1 aliphatic rings. The molecule has 0 radical (unpaired) electrons. The predicted molar refractivity (Wildman–Crippen MR) is 153 cm³/mol. The Kier molecular flexibility index (Phi) is 7.33. The van der Waals surface area contributed by atoms with Gasteiger partial charge in [-0.25, -0.2) is 19.0 Å². The van der Waals surface area contributed by atoms with E-state index in [1.165, 1.54) is 17.1 Å². The number of anilines is 2. The predicted octanol–water partition coefficient (Wildman–Crippen LogP) is 4.44. The van der Waals surface area contributed by atoms with Gasteiger partial charge >= 0.3 is 0 Å². The summed E-state index contributed by atoms with van der Waals surface area (Å²) in [6, 6.07) is 7.40. The molecule has 3 N–H and O–H groups in total. The maximum Gasteiger partial charge on any atom is 0.252 e. The number of fused-ring (bicyclic) bond motifs is 1. The van der Waals surface area contributed by atoms with Crippen molar-refractivity contribution in [3.63, 3.8) is 0 Å². The van der Waals surface area contributed by atoms with Crippen LogP contribution in [0.15, 0.2) is 55.2 Å². The van der Waals surface area contributed by atoms with Crippen LogP contribution in [0.25, 0.3) is 16.7 Å². The first-order valence-corrected chi connectivity index (χ1v) is 13.8. The molecule has 0 aliphatic heterocycles. The Hall–Kier alpha value is -4.78. The molecule has 0 saturated heterocycles. The third-order valence-corrected chi connectivity index (χ3v) is 7.80. The second-order valence-electron chi connectivity index (χ2n) is 10.6. The largest absolute Gasteiger partial charge is 0.368 e. The van der Waals surface area contributed by atoms with Crippen molar-refractivity contribution >= 4 is 28.4 Å². The van der Waals surface area contributed by atoms with Gasteiger partial charge in [0, 0.05) is 36.4 Å². The Morgan fingerprint density at radius 1 is 1.17 bits per heavy atom. The lowest BCUT2D eigenvalue weighted by molar-refractivity contribution is -0.148. The van der Waals surface area contributed by atoms with Crippen molar-refractivity contribution in [3.8, 4) is 5.82 Å². The molecule has 0 aromatic carbocycles. The fraction of sp³-hybridized carbons (Fsp3) is 0.345. The molecule has 0 spiro atoms. The van der Waals surface area contributed by atoms with Crippen molar-refractivity contribution in [2.45, 2.75) is 57.1 Å². The minimum absolute atomic E-state index is 0.101. The average Bonchev–Trinajstić information content (AvgIpc) is 3.64. The molecule has 0 unspecified atom stereocenters. The monoisotopic (exact) mass is 570 g/mol. The van der Waals surface area contributed by atoms with Crippen LogP contribution in [0.1, 0.15) is 61.6 Å². The van der Waals surface area contributed by atoms with Gasteiger partial charge < -0.3 is 15.4 Å². The molecule has 5 aromatic heterocycles. The van der Waals surface area contributed by atoms with Crippen LogP contribution in [0.3, 0.4) is 0 Å². The molecule has 0 bridgehead atoms. The molecular weight excluding hydrogens is 539 g/mol. The van der Waals surface area contributed by atoms with E-state index in [2.05, 4.69) is 40.9 Å². The molecule has 5 heterocycles. The molecule has 42 heavy (non-hydrogen) atoms. The van der Waals surface area contributed by atoms with Crippen LogP contribution in [0.5, 0.6) is 0 Å². The van der Waals surface area contributed by atoms with Crippen molar-refractivity contribution in [1.82, 2.24) is 45.2 Å². The molecule has 1 saturated carbocycles. The second-order valence-corrected chi connectivity index (χ2v) is 10.6. The standard InChI is InChI=1S/C29H31FN10O2/c1-17-11-24(39-38-17)36-23-12-20-5-4-10-31-26(20)27(37-23)19-6-8-29(42-3,9-7-19)28(41)35-18(2)22-14-33-25(15-32-22)40-16-21(30)13-34-40/h4-5,10-16,18-19H,6-9H2,1-3H3,(H,35,41)(H2,36,37,38,39)/t18-,19?,29?/m0/s1. The highest BCUT2D eigenvalue weighted by Crippen LogP contribution is 2.41. The van der Waals surface area contributed by atoms with E-state index < -0.39 is 17.5 Å². The molecule has 216 valence electrons. The smallest absolute Gasteiger partial charge is 0.252 e. The average molecular weight is 571 g/mol. The normalized spacial score (nSPS) is 19.5. The van der Waals surface area contributed by atoms with E-state index in [-0.39, 0.29) is 11.8 Å². The number of pyridine rings is 2. The highest BCUT2D eigenvalue weighted by atomic mass is 19.1. The van der Waals surface area contributed by atoms with Gasteiger partial charge in [-0.05, 0) is 51.7 Å². The van der Waals surface area contributed by atoms with E-state index in [1.807, 2.05) is 38.1 Å². The van der Waals surface area contributed by atoms with Crippen LogP contribution in [-0.2, 0) is 9.53 Å². The van der Waals surface area contributed by atoms with Crippen molar-refractivity contribution in [1.29, 1.82) is 0 Å². The first-order chi connectivity index (χ1) is 20.3. The Bertz CT molecular complexity index is 1710. The summed E-state index contributed by atoms with van der Waals surface area (Å²) < 4.78 is 20.5. The van der Waals surface area contributed by atoms with Crippen LogP contribution in [0.2, 0.25) is 0 Å². The van der Waals surface area contributed by atoms with Crippen molar-refractivity contribution < 1.29 is 13.9 Å². The van der Waals surface area contributed by atoms with Gasteiger partial charge in [0.15, 0.2) is 17.5 Å². The second kappa shape index (κ2) is 11.2. The molecule has 5 aromatic rings. The maximum atomic E-state index is 13.6. The van der Waals surface area contributed by atoms with Crippen LogP contribution in [0.4, 0.5) is 16.0 Å². The fourth-order valence-electron chi connectivity index (χ4n) is 5.46. The number of carbonyl (C=O) groups excluding carboxylic acids is 1. The van der Waals surface area contributed by atoms with Gasteiger partial charge in [-0.1, -0.05) is 6.07 Å².